The summed E-state index contributed by atoms with van der Waals surface area (Å²) in [5.74, 6) is 3.40. The lowest BCUT2D eigenvalue weighted by Crippen LogP contribution is -2.34. The highest BCUT2D eigenvalue weighted by Crippen LogP contribution is 2.26. The van der Waals surface area contributed by atoms with Crippen molar-refractivity contribution in [3.8, 4) is 0 Å². The van der Waals surface area contributed by atoms with Gasteiger partial charge in [0.1, 0.15) is 0 Å². The van der Waals surface area contributed by atoms with Crippen LogP contribution in [-0.4, -0.2) is 36.8 Å². The molecular formula is C13H25NOS. The fraction of sp³-hybridized carbons (Fsp3) is 1.00. The summed E-state index contributed by atoms with van der Waals surface area (Å²) in [7, 11) is 0. The molecule has 1 saturated heterocycles. The first-order valence-electron chi connectivity index (χ1n) is 6.79. The van der Waals surface area contributed by atoms with E-state index in [-0.39, 0.29) is 0 Å². The molecule has 0 aromatic heterocycles. The first-order valence-corrected chi connectivity index (χ1v) is 7.94. The molecule has 0 radical (unpaired) electrons. The molecule has 1 aliphatic carbocycles. The van der Waals surface area contributed by atoms with Crippen molar-refractivity contribution in [2.45, 2.75) is 51.2 Å². The number of hydrogen-bond donors (Lipinski definition) is 1. The molecule has 3 unspecified atom stereocenters. The normalized spacial score (nSPS) is 35.4. The minimum Gasteiger partial charge on any atom is -0.377 e. The first kappa shape index (κ1) is 12.7. The summed E-state index contributed by atoms with van der Waals surface area (Å²) < 4.78 is 5.99. The monoisotopic (exact) mass is 243 g/mol. The first-order chi connectivity index (χ1) is 7.86. The Hall–Kier alpha value is 0.270. The van der Waals surface area contributed by atoms with Crippen molar-refractivity contribution < 1.29 is 4.74 Å². The SMILES string of the molecule is CC1CCCCC1OCCNC1CCSC1. The van der Waals surface area contributed by atoms with E-state index in [0.717, 1.165) is 25.1 Å². The fourth-order valence-corrected chi connectivity index (χ4v) is 3.89. The molecular weight excluding hydrogens is 218 g/mol. The van der Waals surface area contributed by atoms with E-state index in [1.165, 1.54) is 43.6 Å². The van der Waals surface area contributed by atoms with Crippen molar-refractivity contribution in [2.24, 2.45) is 5.92 Å². The van der Waals surface area contributed by atoms with Crippen molar-refractivity contribution in [1.29, 1.82) is 0 Å². The lowest BCUT2D eigenvalue weighted by atomic mass is 9.88. The Morgan fingerprint density at radius 1 is 1.25 bits per heavy atom. The van der Waals surface area contributed by atoms with Gasteiger partial charge in [0, 0.05) is 18.3 Å². The van der Waals surface area contributed by atoms with Crippen LogP contribution in [0.3, 0.4) is 0 Å². The quantitative estimate of drug-likeness (QED) is 0.750. The summed E-state index contributed by atoms with van der Waals surface area (Å²) in [4.78, 5) is 0. The molecule has 3 heteroatoms. The van der Waals surface area contributed by atoms with Gasteiger partial charge in [0.2, 0.25) is 0 Å². The molecule has 0 spiro atoms. The highest BCUT2D eigenvalue weighted by Gasteiger charge is 2.21. The highest BCUT2D eigenvalue weighted by atomic mass is 32.2. The standard InChI is InChI=1S/C13H25NOS/c1-11-4-2-3-5-13(11)15-8-7-14-12-6-9-16-10-12/h11-14H,2-10H2,1H3. The van der Waals surface area contributed by atoms with Crippen LogP contribution in [0, 0.1) is 5.92 Å². The molecule has 1 heterocycles. The van der Waals surface area contributed by atoms with Gasteiger partial charge >= 0.3 is 0 Å². The number of ether oxygens (including phenoxy) is 1. The Morgan fingerprint density at radius 2 is 2.12 bits per heavy atom. The van der Waals surface area contributed by atoms with Gasteiger partial charge in [-0.3, -0.25) is 0 Å². The Labute approximate surface area is 104 Å². The van der Waals surface area contributed by atoms with E-state index in [1.807, 2.05) is 0 Å². The second-order valence-corrected chi connectivity index (χ2v) is 6.34. The van der Waals surface area contributed by atoms with Gasteiger partial charge in [-0.1, -0.05) is 19.8 Å². The fourth-order valence-electron chi connectivity index (χ4n) is 2.70. The van der Waals surface area contributed by atoms with Gasteiger partial charge in [-0.15, -0.1) is 0 Å². The molecule has 1 N–H and O–H groups in total. The predicted molar refractivity (Wildman–Crippen MR) is 71.1 cm³/mol. The van der Waals surface area contributed by atoms with Crippen LogP contribution in [0.2, 0.25) is 0 Å². The van der Waals surface area contributed by atoms with Crippen molar-refractivity contribution >= 4 is 11.8 Å². The summed E-state index contributed by atoms with van der Waals surface area (Å²) >= 11 is 2.07. The Kier molecular flexibility index (Phi) is 5.46. The molecule has 2 fully saturated rings. The molecule has 1 saturated carbocycles. The number of hydrogen-bond acceptors (Lipinski definition) is 3. The maximum Gasteiger partial charge on any atom is 0.0601 e. The summed E-state index contributed by atoms with van der Waals surface area (Å²) in [6.07, 6.45) is 7.27. The van der Waals surface area contributed by atoms with Crippen LogP contribution < -0.4 is 5.32 Å². The summed E-state index contributed by atoms with van der Waals surface area (Å²) in [6.45, 7) is 4.27. The minimum atomic E-state index is 0.536. The molecule has 94 valence electrons. The van der Waals surface area contributed by atoms with E-state index >= 15 is 0 Å². The number of rotatable bonds is 5. The van der Waals surface area contributed by atoms with Crippen molar-refractivity contribution in [2.75, 3.05) is 24.7 Å². The van der Waals surface area contributed by atoms with Crippen LogP contribution in [0.25, 0.3) is 0 Å². The van der Waals surface area contributed by atoms with E-state index < -0.39 is 0 Å². The molecule has 1 aliphatic heterocycles. The smallest absolute Gasteiger partial charge is 0.0601 e. The second-order valence-electron chi connectivity index (χ2n) is 5.19. The maximum absolute atomic E-state index is 5.99. The molecule has 2 rings (SSSR count). The van der Waals surface area contributed by atoms with Crippen molar-refractivity contribution in [1.82, 2.24) is 5.32 Å². The van der Waals surface area contributed by atoms with Crippen LogP contribution in [0.4, 0.5) is 0 Å². The van der Waals surface area contributed by atoms with Crippen molar-refractivity contribution in [3.63, 3.8) is 0 Å². The lowest BCUT2D eigenvalue weighted by Gasteiger charge is -2.29. The van der Waals surface area contributed by atoms with Crippen LogP contribution in [0.5, 0.6) is 0 Å². The summed E-state index contributed by atoms with van der Waals surface area (Å²) in [5.41, 5.74) is 0. The zero-order valence-electron chi connectivity index (χ0n) is 10.4. The van der Waals surface area contributed by atoms with Crippen LogP contribution in [0.1, 0.15) is 39.0 Å². The van der Waals surface area contributed by atoms with E-state index in [1.54, 1.807) is 0 Å². The topological polar surface area (TPSA) is 21.3 Å². The van der Waals surface area contributed by atoms with Gasteiger partial charge in [-0.05, 0) is 30.9 Å². The van der Waals surface area contributed by atoms with Gasteiger partial charge in [-0.2, -0.15) is 11.8 Å². The van der Waals surface area contributed by atoms with Crippen LogP contribution >= 0.6 is 11.8 Å². The average molecular weight is 243 g/mol. The average Bonchev–Trinajstić information content (AvgIpc) is 2.79. The second kappa shape index (κ2) is 6.87. The van der Waals surface area contributed by atoms with E-state index in [0.29, 0.717) is 6.10 Å². The molecule has 2 nitrogen and oxygen atoms in total. The zero-order valence-corrected chi connectivity index (χ0v) is 11.2. The van der Waals surface area contributed by atoms with Crippen molar-refractivity contribution in [3.05, 3.63) is 0 Å². The molecule has 16 heavy (non-hydrogen) atoms. The third kappa shape index (κ3) is 3.94. The van der Waals surface area contributed by atoms with E-state index in [4.69, 9.17) is 4.74 Å². The molecule has 0 amide bonds. The lowest BCUT2D eigenvalue weighted by molar-refractivity contribution is -0.00366. The van der Waals surface area contributed by atoms with Gasteiger partial charge < -0.3 is 10.1 Å². The zero-order chi connectivity index (χ0) is 11.2. The Balaban J connectivity index is 1.53. The maximum atomic E-state index is 5.99. The molecule has 0 aromatic rings. The third-order valence-electron chi connectivity index (χ3n) is 3.83. The highest BCUT2D eigenvalue weighted by molar-refractivity contribution is 7.99. The predicted octanol–water partition coefficient (Wildman–Crippen LogP) is 2.68. The Bertz CT molecular complexity index is 194. The molecule has 2 aliphatic rings. The molecule has 3 atom stereocenters. The van der Waals surface area contributed by atoms with E-state index in [9.17, 15) is 0 Å². The van der Waals surface area contributed by atoms with Crippen LogP contribution in [-0.2, 0) is 4.74 Å². The third-order valence-corrected chi connectivity index (χ3v) is 4.99. The number of nitrogens with one attached hydrogen (secondary N) is 1. The summed E-state index contributed by atoms with van der Waals surface area (Å²) in [5, 5.41) is 3.59. The minimum absolute atomic E-state index is 0.536. The largest absolute Gasteiger partial charge is 0.377 e. The van der Waals surface area contributed by atoms with Gasteiger partial charge in [0.15, 0.2) is 0 Å². The van der Waals surface area contributed by atoms with Crippen LogP contribution in [0.15, 0.2) is 0 Å². The molecule has 0 aromatic carbocycles. The number of thioether (sulfide) groups is 1. The molecule has 0 bridgehead atoms. The van der Waals surface area contributed by atoms with Gasteiger partial charge in [0.25, 0.3) is 0 Å². The Morgan fingerprint density at radius 3 is 2.88 bits per heavy atom. The van der Waals surface area contributed by atoms with Gasteiger partial charge in [0.05, 0.1) is 12.7 Å². The summed E-state index contributed by atoms with van der Waals surface area (Å²) in [6, 6.07) is 0.748. The van der Waals surface area contributed by atoms with E-state index in [2.05, 4.69) is 24.0 Å². The van der Waals surface area contributed by atoms with Gasteiger partial charge in [-0.25, -0.2) is 0 Å².